The number of carbonyl (C=O) groups is 1. The van der Waals surface area contributed by atoms with Crippen LogP contribution in [0.25, 0.3) is 0 Å². The van der Waals surface area contributed by atoms with Crippen LogP contribution in [0.5, 0.6) is 11.6 Å². The van der Waals surface area contributed by atoms with Crippen LogP contribution < -0.4 is 19.7 Å². The first-order valence-corrected chi connectivity index (χ1v) is 10.3. The van der Waals surface area contributed by atoms with Crippen molar-refractivity contribution >= 4 is 17.4 Å². The molecular weight excluding hydrogens is 435 g/mol. The molecule has 1 aliphatic heterocycles. The number of halogens is 3. The zero-order valence-electron chi connectivity index (χ0n) is 17.9. The molecule has 3 aromatic rings. The molecule has 0 saturated heterocycles. The SMILES string of the molecule is COc1cc2c(cc1C(F)(F)F)N(C(=O)Nc1ccc(OCCc3ccccc3)nc1)CC2. The Hall–Kier alpha value is -3.75. The summed E-state index contributed by atoms with van der Waals surface area (Å²) in [6.07, 6.45) is -1.98. The summed E-state index contributed by atoms with van der Waals surface area (Å²) in [7, 11) is 1.19. The molecule has 0 radical (unpaired) electrons. The first kappa shape index (κ1) is 22.4. The Bertz CT molecular complexity index is 1120. The minimum Gasteiger partial charge on any atom is -0.496 e. The van der Waals surface area contributed by atoms with Crippen molar-refractivity contribution in [3.8, 4) is 11.6 Å². The second kappa shape index (κ2) is 9.40. The maximum Gasteiger partial charge on any atom is 0.420 e. The fraction of sp³-hybridized carbons (Fsp3) is 0.250. The number of pyridine rings is 1. The van der Waals surface area contributed by atoms with Crippen LogP contribution in [0.2, 0.25) is 0 Å². The maximum absolute atomic E-state index is 13.4. The molecule has 0 aliphatic carbocycles. The van der Waals surface area contributed by atoms with Gasteiger partial charge in [-0.25, -0.2) is 9.78 Å². The smallest absolute Gasteiger partial charge is 0.420 e. The molecule has 1 aromatic heterocycles. The molecule has 9 heteroatoms. The van der Waals surface area contributed by atoms with E-state index in [2.05, 4.69) is 10.3 Å². The zero-order valence-corrected chi connectivity index (χ0v) is 17.9. The van der Waals surface area contributed by atoms with E-state index in [1.165, 1.54) is 24.3 Å². The molecule has 2 heterocycles. The molecule has 0 bridgehead atoms. The van der Waals surface area contributed by atoms with Gasteiger partial charge in [0.05, 0.1) is 31.2 Å². The van der Waals surface area contributed by atoms with E-state index in [0.717, 1.165) is 18.1 Å². The van der Waals surface area contributed by atoms with Gasteiger partial charge in [-0.3, -0.25) is 4.90 Å². The van der Waals surface area contributed by atoms with Gasteiger partial charge in [-0.2, -0.15) is 13.2 Å². The normalized spacial score (nSPS) is 12.9. The summed E-state index contributed by atoms with van der Waals surface area (Å²) in [6.45, 7) is 0.720. The van der Waals surface area contributed by atoms with Gasteiger partial charge in [0.25, 0.3) is 0 Å². The molecule has 0 spiro atoms. The van der Waals surface area contributed by atoms with Crippen molar-refractivity contribution in [3.05, 3.63) is 77.5 Å². The number of anilines is 2. The molecule has 2 aromatic carbocycles. The van der Waals surface area contributed by atoms with Crippen molar-refractivity contribution < 1.29 is 27.4 Å². The van der Waals surface area contributed by atoms with Gasteiger partial charge in [0, 0.05) is 24.7 Å². The number of methoxy groups -OCH3 is 1. The van der Waals surface area contributed by atoms with E-state index in [1.54, 1.807) is 12.1 Å². The Morgan fingerprint density at radius 1 is 1.15 bits per heavy atom. The lowest BCUT2D eigenvalue weighted by atomic mass is 10.1. The first-order chi connectivity index (χ1) is 15.8. The van der Waals surface area contributed by atoms with Gasteiger partial charge in [-0.15, -0.1) is 0 Å². The molecule has 1 aliphatic rings. The highest BCUT2D eigenvalue weighted by atomic mass is 19.4. The number of urea groups is 1. The summed E-state index contributed by atoms with van der Waals surface area (Å²) in [5.41, 5.74) is 1.49. The standard InChI is InChI=1S/C24H22F3N3O3/c1-32-21-13-17-9-11-30(20(17)14-19(21)24(25,26)27)23(31)29-18-7-8-22(28-15-18)33-12-10-16-5-3-2-4-6-16/h2-8,13-15H,9-12H2,1H3,(H,29,31). The van der Waals surface area contributed by atoms with Crippen LogP contribution in [0.4, 0.5) is 29.3 Å². The lowest BCUT2D eigenvalue weighted by Crippen LogP contribution is -2.33. The predicted molar refractivity (Wildman–Crippen MR) is 118 cm³/mol. The summed E-state index contributed by atoms with van der Waals surface area (Å²) in [4.78, 5) is 18.2. The van der Waals surface area contributed by atoms with Crippen molar-refractivity contribution in [1.82, 2.24) is 4.98 Å². The number of hydrogen-bond donors (Lipinski definition) is 1. The number of alkyl halides is 3. The largest absolute Gasteiger partial charge is 0.496 e. The Morgan fingerprint density at radius 2 is 1.94 bits per heavy atom. The minimum atomic E-state index is -4.59. The van der Waals surface area contributed by atoms with Gasteiger partial charge < -0.3 is 14.8 Å². The molecule has 1 N–H and O–H groups in total. The van der Waals surface area contributed by atoms with Gasteiger partial charge >= 0.3 is 12.2 Å². The number of hydrogen-bond acceptors (Lipinski definition) is 4. The third-order valence-corrected chi connectivity index (χ3v) is 5.32. The van der Waals surface area contributed by atoms with Gasteiger partial charge in [-0.05, 0) is 35.7 Å². The fourth-order valence-electron chi connectivity index (χ4n) is 3.66. The molecule has 0 atom stereocenters. The summed E-state index contributed by atoms with van der Waals surface area (Å²) in [5, 5.41) is 2.68. The van der Waals surface area contributed by atoms with Gasteiger partial charge in [0.2, 0.25) is 5.88 Å². The quantitative estimate of drug-likeness (QED) is 0.544. The lowest BCUT2D eigenvalue weighted by molar-refractivity contribution is -0.138. The van der Waals surface area contributed by atoms with Crippen molar-refractivity contribution in [3.63, 3.8) is 0 Å². The van der Waals surface area contributed by atoms with Crippen LogP contribution in [0.15, 0.2) is 60.8 Å². The highest BCUT2D eigenvalue weighted by Gasteiger charge is 2.37. The Kier molecular flexibility index (Phi) is 6.39. The van der Waals surface area contributed by atoms with E-state index >= 15 is 0 Å². The predicted octanol–water partition coefficient (Wildman–Crippen LogP) is 5.33. The van der Waals surface area contributed by atoms with E-state index in [-0.39, 0.29) is 18.0 Å². The Balaban J connectivity index is 1.39. The number of fused-ring (bicyclic) bond motifs is 1. The van der Waals surface area contributed by atoms with E-state index in [1.807, 2.05) is 30.3 Å². The van der Waals surface area contributed by atoms with Crippen molar-refractivity contribution in [2.45, 2.75) is 19.0 Å². The number of rotatable bonds is 6. The van der Waals surface area contributed by atoms with Gasteiger partial charge in [0.15, 0.2) is 0 Å². The molecule has 2 amide bonds. The number of nitrogens with one attached hydrogen (secondary N) is 1. The molecule has 0 saturated carbocycles. The second-order valence-electron chi connectivity index (χ2n) is 7.48. The summed E-state index contributed by atoms with van der Waals surface area (Å²) >= 11 is 0. The van der Waals surface area contributed by atoms with Crippen LogP contribution >= 0.6 is 0 Å². The molecular formula is C24H22F3N3O3. The number of benzene rings is 2. The van der Waals surface area contributed by atoms with Crippen molar-refractivity contribution in [1.29, 1.82) is 0 Å². The second-order valence-corrected chi connectivity index (χ2v) is 7.48. The first-order valence-electron chi connectivity index (χ1n) is 10.3. The van der Waals surface area contributed by atoms with Crippen LogP contribution in [-0.4, -0.2) is 31.3 Å². The van der Waals surface area contributed by atoms with Gasteiger partial charge in [0.1, 0.15) is 5.75 Å². The highest BCUT2D eigenvalue weighted by molar-refractivity contribution is 6.03. The maximum atomic E-state index is 13.4. The van der Waals surface area contributed by atoms with Crippen molar-refractivity contribution in [2.75, 3.05) is 30.5 Å². The topological polar surface area (TPSA) is 63.7 Å². The highest BCUT2D eigenvalue weighted by Crippen LogP contribution is 2.42. The van der Waals surface area contributed by atoms with Crippen LogP contribution in [-0.2, 0) is 19.0 Å². The molecule has 0 unspecified atom stereocenters. The molecule has 4 rings (SSSR count). The number of ether oxygens (including phenoxy) is 2. The monoisotopic (exact) mass is 457 g/mol. The third kappa shape index (κ3) is 5.19. The number of aromatic nitrogens is 1. The number of nitrogens with zero attached hydrogens (tertiary/aromatic N) is 2. The fourth-order valence-corrected chi connectivity index (χ4v) is 3.66. The molecule has 172 valence electrons. The van der Waals surface area contributed by atoms with E-state index in [0.29, 0.717) is 30.2 Å². The van der Waals surface area contributed by atoms with Gasteiger partial charge in [-0.1, -0.05) is 30.3 Å². The summed E-state index contributed by atoms with van der Waals surface area (Å²) in [5.74, 6) is 0.160. The van der Waals surface area contributed by atoms with E-state index < -0.39 is 17.8 Å². The van der Waals surface area contributed by atoms with Crippen molar-refractivity contribution in [2.24, 2.45) is 0 Å². The average molecular weight is 457 g/mol. The number of amides is 2. The van der Waals surface area contributed by atoms with E-state index in [4.69, 9.17) is 9.47 Å². The van der Waals surface area contributed by atoms with E-state index in [9.17, 15) is 18.0 Å². The number of carbonyl (C=O) groups excluding carboxylic acids is 1. The van der Waals surface area contributed by atoms with Crippen LogP contribution in [0.1, 0.15) is 16.7 Å². The van der Waals surface area contributed by atoms with Crippen LogP contribution in [0.3, 0.4) is 0 Å². The Labute approximate surface area is 189 Å². The average Bonchev–Trinajstić information content (AvgIpc) is 3.22. The minimum absolute atomic E-state index is 0.217. The zero-order chi connectivity index (χ0) is 23.4. The Morgan fingerprint density at radius 3 is 2.61 bits per heavy atom. The summed E-state index contributed by atoms with van der Waals surface area (Å²) < 4.78 is 50.7. The third-order valence-electron chi connectivity index (χ3n) is 5.32. The lowest BCUT2D eigenvalue weighted by Gasteiger charge is -2.20. The van der Waals surface area contributed by atoms with Crippen LogP contribution in [0, 0.1) is 0 Å². The molecule has 33 heavy (non-hydrogen) atoms. The molecule has 6 nitrogen and oxygen atoms in total. The summed E-state index contributed by atoms with van der Waals surface area (Å²) in [6, 6.07) is 14.9. The molecule has 0 fully saturated rings.